The van der Waals surface area contributed by atoms with E-state index in [0.29, 0.717) is 0 Å². The molecule has 0 spiro atoms. The molecule has 1 aliphatic rings. The van der Waals surface area contributed by atoms with E-state index in [2.05, 4.69) is 0 Å². The first-order chi connectivity index (χ1) is 11.5. The zero-order valence-electron chi connectivity index (χ0n) is 13.2. The number of rotatable bonds is 5. The van der Waals surface area contributed by atoms with Crippen LogP contribution >= 0.6 is 11.3 Å². The van der Waals surface area contributed by atoms with Crippen molar-refractivity contribution in [3.8, 4) is 0 Å². The van der Waals surface area contributed by atoms with Gasteiger partial charge in [-0.15, -0.1) is 11.3 Å². The summed E-state index contributed by atoms with van der Waals surface area (Å²) in [6.07, 6.45) is 3.11. The smallest absolute Gasteiger partial charge is 0.238 e. The molecule has 1 saturated heterocycles. The number of sulfonamides is 1. The Morgan fingerprint density at radius 2 is 2.04 bits per heavy atom. The Balaban J connectivity index is 1.99. The van der Waals surface area contributed by atoms with Crippen LogP contribution in [0.5, 0.6) is 0 Å². The maximum absolute atomic E-state index is 11.6. The van der Waals surface area contributed by atoms with Gasteiger partial charge in [0.1, 0.15) is 0 Å². The van der Waals surface area contributed by atoms with E-state index in [0.717, 1.165) is 41.9 Å². The Kier molecular flexibility index (Phi) is 5.36. The third-order valence-corrected chi connectivity index (χ3v) is 6.40. The molecule has 0 saturated carbocycles. The lowest BCUT2D eigenvalue weighted by atomic mass is 9.87. The van der Waals surface area contributed by atoms with E-state index in [1.807, 2.05) is 24.3 Å². The van der Waals surface area contributed by atoms with Crippen LogP contribution in [0.15, 0.2) is 40.6 Å². The fourth-order valence-electron chi connectivity index (χ4n) is 3.07. The molecule has 1 aromatic heterocycles. The number of hydrogen-bond acceptors (Lipinski definition) is 5. The Morgan fingerprint density at radius 3 is 2.58 bits per heavy atom. The van der Waals surface area contributed by atoms with E-state index in [-0.39, 0.29) is 23.5 Å². The molecule has 3 N–H and O–H groups in total. The number of thiophene rings is 1. The zero-order valence-corrected chi connectivity index (χ0v) is 14.9. The molecule has 1 fully saturated rings. The van der Waals surface area contributed by atoms with Crippen LogP contribution in [-0.4, -0.2) is 26.2 Å². The van der Waals surface area contributed by atoms with Gasteiger partial charge in [-0.05, 0) is 36.5 Å². The van der Waals surface area contributed by atoms with Crippen molar-refractivity contribution in [2.75, 3.05) is 6.61 Å². The lowest BCUT2D eigenvalue weighted by Crippen LogP contribution is -2.27. The van der Waals surface area contributed by atoms with Gasteiger partial charge in [-0.2, -0.15) is 0 Å². The van der Waals surface area contributed by atoms with Gasteiger partial charge in [-0.25, -0.2) is 13.6 Å². The van der Waals surface area contributed by atoms with Gasteiger partial charge in [0.15, 0.2) is 0 Å². The third kappa shape index (κ3) is 3.87. The van der Waals surface area contributed by atoms with Gasteiger partial charge in [0, 0.05) is 22.8 Å². The van der Waals surface area contributed by atoms with Crippen molar-refractivity contribution >= 4 is 21.4 Å². The van der Waals surface area contributed by atoms with E-state index in [1.54, 1.807) is 11.4 Å². The predicted molar refractivity (Wildman–Crippen MR) is 93.5 cm³/mol. The second kappa shape index (κ2) is 7.33. The number of primary sulfonamides is 1. The summed E-state index contributed by atoms with van der Waals surface area (Å²) in [5, 5.41) is 16.1. The fraction of sp³-hybridized carbons (Fsp3) is 0.412. The Labute approximate surface area is 146 Å². The minimum Gasteiger partial charge on any atom is -0.392 e. The molecular formula is C17H21NO4S2. The normalized spacial score (nSPS) is 20.0. The van der Waals surface area contributed by atoms with Crippen LogP contribution in [0, 0.1) is 0 Å². The van der Waals surface area contributed by atoms with Crippen LogP contribution in [0.2, 0.25) is 0 Å². The van der Waals surface area contributed by atoms with Crippen LogP contribution in [0.25, 0.3) is 0 Å². The summed E-state index contributed by atoms with van der Waals surface area (Å²) in [6.45, 7) is 0.725. The van der Waals surface area contributed by atoms with E-state index >= 15 is 0 Å². The van der Waals surface area contributed by atoms with Gasteiger partial charge in [-0.1, -0.05) is 24.3 Å². The summed E-state index contributed by atoms with van der Waals surface area (Å²) in [5.74, 6) is -0.0291. The lowest BCUT2D eigenvalue weighted by molar-refractivity contribution is 0.00693. The lowest BCUT2D eigenvalue weighted by Gasteiger charge is -2.30. The maximum atomic E-state index is 11.6. The highest BCUT2D eigenvalue weighted by molar-refractivity contribution is 7.89. The minimum absolute atomic E-state index is 0.000553. The predicted octanol–water partition coefficient (Wildman–Crippen LogP) is 2.59. The van der Waals surface area contributed by atoms with Crippen molar-refractivity contribution in [3.05, 3.63) is 51.7 Å². The van der Waals surface area contributed by atoms with Gasteiger partial charge in [0.2, 0.25) is 10.0 Å². The van der Waals surface area contributed by atoms with Crippen LogP contribution < -0.4 is 5.14 Å². The van der Waals surface area contributed by atoms with Crippen molar-refractivity contribution in [2.24, 2.45) is 5.14 Å². The molecule has 2 heterocycles. The molecule has 0 radical (unpaired) electrons. The zero-order chi connectivity index (χ0) is 17.2. The average molecular weight is 367 g/mol. The highest BCUT2D eigenvalue weighted by atomic mass is 32.2. The van der Waals surface area contributed by atoms with Gasteiger partial charge in [0.05, 0.1) is 17.6 Å². The van der Waals surface area contributed by atoms with Crippen molar-refractivity contribution in [2.45, 2.75) is 42.8 Å². The molecule has 7 heteroatoms. The molecule has 1 aliphatic heterocycles. The van der Waals surface area contributed by atoms with Crippen molar-refractivity contribution in [1.29, 1.82) is 0 Å². The molecule has 2 unspecified atom stereocenters. The largest absolute Gasteiger partial charge is 0.392 e. The molecule has 2 aromatic rings. The molecule has 1 aromatic carbocycles. The first kappa shape index (κ1) is 17.6. The highest BCUT2D eigenvalue weighted by Crippen LogP contribution is 2.38. The minimum atomic E-state index is -3.70. The highest BCUT2D eigenvalue weighted by Gasteiger charge is 2.29. The summed E-state index contributed by atoms with van der Waals surface area (Å²) in [4.78, 5) is 1.08. The summed E-state index contributed by atoms with van der Waals surface area (Å²) in [5.41, 5.74) is 1.90. The summed E-state index contributed by atoms with van der Waals surface area (Å²) in [7, 11) is -3.70. The average Bonchev–Trinajstić information content (AvgIpc) is 3.07. The van der Waals surface area contributed by atoms with Gasteiger partial charge in [-0.3, -0.25) is 0 Å². The van der Waals surface area contributed by atoms with Gasteiger partial charge < -0.3 is 9.84 Å². The Bertz CT molecular complexity index is 777. The Morgan fingerprint density at radius 1 is 1.29 bits per heavy atom. The molecule has 5 nitrogen and oxygen atoms in total. The number of aliphatic hydroxyl groups is 1. The first-order valence-corrected chi connectivity index (χ1v) is 10.3. The van der Waals surface area contributed by atoms with Gasteiger partial charge >= 0.3 is 0 Å². The van der Waals surface area contributed by atoms with E-state index in [4.69, 9.17) is 9.88 Å². The first-order valence-electron chi connectivity index (χ1n) is 7.91. The second-order valence-electron chi connectivity index (χ2n) is 6.01. The van der Waals surface area contributed by atoms with Crippen LogP contribution in [-0.2, 0) is 21.4 Å². The standard InChI is InChI=1S/C17H21NO4S2/c18-24(20,21)14-9-16(23-11-14)17(15-3-1-2-8-22-15)13-6-4-12(10-19)5-7-13/h4-7,9,11,15,17,19H,1-3,8,10H2,(H2,18,20,21). The second-order valence-corrected chi connectivity index (χ2v) is 8.52. The topological polar surface area (TPSA) is 89.6 Å². The van der Waals surface area contributed by atoms with Gasteiger partial charge in [0.25, 0.3) is 0 Å². The molecule has 0 amide bonds. The molecule has 24 heavy (non-hydrogen) atoms. The number of hydrogen-bond donors (Lipinski definition) is 2. The molecule has 2 atom stereocenters. The van der Waals surface area contributed by atoms with Crippen LogP contribution in [0.4, 0.5) is 0 Å². The van der Waals surface area contributed by atoms with Crippen LogP contribution in [0.1, 0.15) is 41.2 Å². The molecule has 0 aliphatic carbocycles. The van der Waals surface area contributed by atoms with E-state index in [9.17, 15) is 13.5 Å². The van der Waals surface area contributed by atoms with Crippen molar-refractivity contribution in [1.82, 2.24) is 0 Å². The molecule has 3 rings (SSSR count). The Hall–Kier alpha value is -1.25. The van der Waals surface area contributed by atoms with Crippen molar-refractivity contribution in [3.63, 3.8) is 0 Å². The molecule has 130 valence electrons. The number of nitrogens with two attached hydrogens (primary N) is 1. The van der Waals surface area contributed by atoms with Crippen LogP contribution in [0.3, 0.4) is 0 Å². The third-order valence-electron chi connectivity index (χ3n) is 4.34. The van der Waals surface area contributed by atoms with E-state index < -0.39 is 10.0 Å². The summed E-state index contributed by atoms with van der Waals surface area (Å²) < 4.78 is 29.2. The van der Waals surface area contributed by atoms with E-state index in [1.165, 1.54) is 11.3 Å². The number of benzene rings is 1. The van der Waals surface area contributed by atoms with Crippen molar-refractivity contribution < 1.29 is 18.3 Å². The number of ether oxygens (including phenoxy) is 1. The fourth-order valence-corrected chi connectivity index (χ4v) is 5.06. The summed E-state index contributed by atoms with van der Waals surface area (Å²) >= 11 is 1.39. The SMILES string of the molecule is NS(=O)(=O)c1csc(C(c2ccc(CO)cc2)C2CCCCO2)c1. The monoisotopic (exact) mass is 367 g/mol. The maximum Gasteiger partial charge on any atom is 0.238 e. The number of aliphatic hydroxyl groups excluding tert-OH is 1. The molecular weight excluding hydrogens is 346 g/mol. The summed E-state index contributed by atoms with van der Waals surface area (Å²) in [6, 6.07) is 9.39. The quantitative estimate of drug-likeness (QED) is 0.850. The molecule has 0 bridgehead atoms.